The fourth-order valence-electron chi connectivity index (χ4n) is 2.40. The van der Waals surface area contributed by atoms with Crippen molar-refractivity contribution < 1.29 is 9.53 Å². The first-order valence-electron chi connectivity index (χ1n) is 8.18. The average molecular weight is 348 g/mol. The number of aromatic amines is 1. The third kappa shape index (κ3) is 3.97. The molecule has 2 N–H and O–H groups in total. The van der Waals surface area contributed by atoms with Crippen molar-refractivity contribution in [2.45, 2.75) is 13.8 Å². The van der Waals surface area contributed by atoms with Crippen LogP contribution >= 0.6 is 0 Å². The van der Waals surface area contributed by atoms with Gasteiger partial charge in [0.2, 0.25) is 0 Å². The molecule has 1 heterocycles. The van der Waals surface area contributed by atoms with Crippen molar-refractivity contribution in [2.75, 3.05) is 7.11 Å². The van der Waals surface area contributed by atoms with Gasteiger partial charge < -0.3 is 4.74 Å². The lowest BCUT2D eigenvalue weighted by Gasteiger charge is -2.02. The molecule has 0 unspecified atom stereocenters. The summed E-state index contributed by atoms with van der Waals surface area (Å²) in [6.45, 7) is 3.87. The van der Waals surface area contributed by atoms with Crippen molar-refractivity contribution in [1.82, 2.24) is 15.6 Å². The van der Waals surface area contributed by atoms with Crippen LogP contribution in [0, 0.1) is 6.92 Å². The smallest absolute Gasteiger partial charge is 0.289 e. The van der Waals surface area contributed by atoms with Crippen LogP contribution in [0.2, 0.25) is 0 Å². The standard InChI is InChI=1S/C20H20N4O2/c1-13-4-6-15(7-5-13)14(2)21-24-20(25)19-12-18(22-23-19)16-8-10-17(26-3)11-9-16/h4-12H,1-3H3,(H,22,23)(H,24,25). The van der Waals surface area contributed by atoms with Gasteiger partial charge in [0, 0.05) is 5.56 Å². The van der Waals surface area contributed by atoms with E-state index in [4.69, 9.17) is 4.74 Å². The van der Waals surface area contributed by atoms with Crippen molar-refractivity contribution in [3.63, 3.8) is 0 Å². The molecule has 0 saturated carbocycles. The Labute approximate surface area is 151 Å². The third-order valence-electron chi connectivity index (χ3n) is 4.00. The zero-order valence-electron chi connectivity index (χ0n) is 14.9. The number of hydrazone groups is 1. The molecule has 6 nitrogen and oxygen atoms in total. The molecule has 0 saturated heterocycles. The second kappa shape index (κ2) is 7.65. The minimum absolute atomic E-state index is 0.344. The Morgan fingerprint density at radius 3 is 2.46 bits per heavy atom. The fraction of sp³-hybridized carbons (Fsp3) is 0.150. The van der Waals surface area contributed by atoms with Crippen molar-refractivity contribution in [1.29, 1.82) is 0 Å². The van der Waals surface area contributed by atoms with E-state index >= 15 is 0 Å². The molecule has 0 aliphatic rings. The molecule has 0 bridgehead atoms. The molecule has 6 heteroatoms. The van der Waals surface area contributed by atoms with Crippen LogP contribution in [0.5, 0.6) is 5.75 Å². The summed E-state index contributed by atoms with van der Waals surface area (Å²) < 4.78 is 5.14. The molecular formula is C20H20N4O2. The number of methoxy groups -OCH3 is 1. The summed E-state index contributed by atoms with van der Waals surface area (Å²) >= 11 is 0. The van der Waals surface area contributed by atoms with Gasteiger partial charge in [0.1, 0.15) is 11.4 Å². The van der Waals surface area contributed by atoms with E-state index in [1.54, 1.807) is 13.2 Å². The average Bonchev–Trinajstić information content (AvgIpc) is 3.17. The second-order valence-corrected chi connectivity index (χ2v) is 5.90. The Kier molecular flexibility index (Phi) is 5.12. The van der Waals surface area contributed by atoms with Gasteiger partial charge in [-0.05, 0) is 49.7 Å². The van der Waals surface area contributed by atoms with Gasteiger partial charge in [-0.15, -0.1) is 0 Å². The molecule has 3 aromatic rings. The molecule has 3 rings (SSSR count). The normalized spacial score (nSPS) is 11.3. The van der Waals surface area contributed by atoms with Crippen molar-refractivity contribution in [2.24, 2.45) is 5.10 Å². The van der Waals surface area contributed by atoms with E-state index in [0.717, 1.165) is 22.6 Å². The number of rotatable bonds is 5. The van der Waals surface area contributed by atoms with E-state index in [2.05, 4.69) is 20.7 Å². The molecule has 0 aliphatic carbocycles. The number of amides is 1. The lowest BCUT2D eigenvalue weighted by molar-refractivity contribution is 0.0950. The van der Waals surface area contributed by atoms with Crippen LogP contribution in [0.1, 0.15) is 28.5 Å². The van der Waals surface area contributed by atoms with E-state index < -0.39 is 0 Å². The molecule has 0 spiro atoms. The SMILES string of the molecule is COc1ccc(-c2cc(C(=O)NN=C(C)c3ccc(C)cc3)[nH]n2)cc1. The number of aromatic nitrogens is 2. The predicted molar refractivity (Wildman–Crippen MR) is 101 cm³/mol. The molecule has 0 fully saturated rings. The van der Waals surface area contributed by atoms with Crippen LogP contribution < -0.4 is 10.2 Å². The van der Waals surface area contributed by atoms with Crippen molar-refractivity contribution in [3.05, 3.63) is 71.4 Å². The number of hydrogen-bond donors (Lipinski definition) is 2. The first-order valence-corrected chi connectivity index (χ1v) is 8.18. The molecule has 26 heavy (non-hydrogen) atoms. The Morgan fingerprint density at radius 2 is 1.81 bits per heavy atom. The first-order chi connectivity index (χ1) is 12.6. The van der Waals surface area contributed by atoms with Crippen LogP contribution in [0.15, 0.2) is 59.7 Å². The first kappa shape index (κ1) is 17.4. The summed E-state index contributed by atoms with van der Waals surface area (Å²) in [4.78, 5) is 12.3. The minimum atomic E-state index is -0.344. The molecule has 0 radical (unpaired) electrons. The van der Waals surface area contributed by atoms with Gasteiger partial charge in [-0.2, -0.15) is 10.2 Å². The summed E-state index contributed by atoms with van der Waals surface area (Å²) in [5.74, 6) is 0.423. The highest BCUT2D eigenvalue weighted by molar-refractivity contribution is 6.00. The number of carbonyl (C=O) groups excluding carboxylic acids is 1. The Hall–Kier alpha value is -3.41. The number of ether oxygens (including phenoxy) is 1. The maximum absolute atomic E-state index is 12.3. The number of nitrogens with one attached hydrogen (secondary N) is 2. The van der Waals surface area contributed by atoms with E-state index in [-0.39, 0.29) is 5.91 Å². The highest BCUT2D eigenvalue weighted by atomic mass is 16.5. The quantitative estimate of drug-likeness (QED) is 0.547. The van der Waals surface area contributed by atoms with Gasteiger partial charge in [-0.1, -0.05) is 29.8 Å². The number of H-pyrrole nitrogens is 1. The Morgan fingerprint density at radius 1 is 1.12 bits per heavy atom. The lowest BCUT2D eigenvalue weighted by atomic mass is 10.1. The fourth-order valence-corrected chi connectivity index (χ4v) is 2.40. The Bertz CT molecular complexity index is 925. The van der Waals surface area contributed by atoms with Crippen molar-refractivity contribution >= 4 is 11.6 Å². The summed E-state index contributed by atoms with van der Waals surface area (Å²) in [5.41, 5.74) is 7.33. The van der Waals surface area contributed by atoms with E-state index in [9.17, 15) is 4.79 Å². The minimum Gasteiger partial charge on any atom is -0.497 e. The third-order valence-corrected chi connectivity index (χ3v) is 4.00. The van der Waals surface area contributed by atoms with Gasteiger partial charge in [-0.3, -0.25) is 9.89 Å². The van der Waals surface area contributed by atoms with Gasteiger partial charge in [-0.25, -0.2) is 5.43 Å². The number of benzene rings is 2. The summed E-state index contributed by atoms with van der Waals surface area (Å²) in [7, 11) is 1.62. The van der Waals surface area contributed by atoms with Crippen LogP contribution in [0.3, 0.4) is 0 Å². The van der Waals surface area contributed by atoms with Gasteiger partial charge in [0.15, 0.2) is 0 Å². The van der Waals surface area contributed by atoms with Gasteiger partial charge >= 0.3 is 0 Å². The van der Waals surface area contributed by atoms with E-state index in [1.165, 1.54) is 5.56 Å². The molecule has 1 amide bonds. The monoisotopic (exact) mass is 348 g/mol. The molecule has 0 atom stereocenters. The summed E-state index contributed by atoms with van der Waals surface area (Å²) in [6, 6.07) is 17.1. The zero-order valence-corrected chi connectivity index (χ0v) is 14.9. The van der Waals surface area contributed by atoms with Crippen LogP contribution in [0.25, 0.3) is 11.3 Å². The molecule has 0 aliphatic heterocycles. The number of nitrogens with zero attached hydrogens (tertiary/aromatic N) is 2. The lowest BCUT2D eigenvalue weighted by Crippen LogP contribution is -2.19. The maximum Gasteiger partial charge on any atom is 0.289 e. The predicted octanol–water partition coefficient (Wildman–Crippen LogP) is 3.55. The van der Waals surface area contributed by atoms with Crippen LogP contribution in [-0.2, 0) is 0 Å². The summed E-state index contributed by atoms with van der Waals surface area (Å²) in [6.07, 6.45) is 0. The van der Waals surface area contributed by atoms with E-state index in [0.29, 0.717) is 11.4 Å². The highest BCUT2D eigenvalue weighted by Gasteiger charge is 2.11. The number of hydrogen-bond acceptors (Lipinski definition) is 4. The van der Waals surface area contributed by atoms with Crippen LogP contribution in [0.4, 0.5) is 0 Å². The molecule has 1 aromatic heterocycles. The summed E-state index contributed by atoms with van der Waals surface area (Å²) in [5, 5.41) is 11.1. The molecule has 2 aromatic carbocycles. The molecular weight excluding hydrogens is 328 g/mol. The second-order valence-electron chi connectivity index (χ2n) is 5.90. The highest BCUT2D eigenvalue weighted by Crippen LogP contribution is 2.21. The largest absolute Gasteiger partial charge is 0.497 e. The van der Waals surface area contributed by atoms with E-state index in [1.807, 2.05) is 62.4 Å². The maximum atomic E-state index is 12.3. The topological polar surface area (TPSA) is 79.4 Å². The van der Waals surface area contributed by atoms with Crippen molar-refractivity contribution in [3.8, 4) is 17.0 Å². The van der Waals surface area contributed by atoms with Crippen LogP contribution in [-0.4, -0.2) is 28.9 Å². The zero-order chi connectivity index (χ0) is 18.5. The number of aryl methyl sites for hydroxylation is 1. The number of carbonyl (C=O) groups is 1. The molecule has 132 valence electrons. The van der Waals surface area contributed by atoms with Gasteiger partial charge in [0.05, 0.1) is 18.5 Å². The van der Waals surface area contributed by atoms with Gasteiger partial charge in [0.25, 0.3) is 5.91 Å². The Balaban J connectivity index is 1.69.